The second-order valence-corrected chi connectivity index (χ2v) is 6.10. The summed E-state index contributed by atoms with van der Waals surface area (Å²) in [4.78, 5) is 9.88. The summed E-state index contributed by atoms with van der Waals surface area (Å²) >= 11 is 5.95. The number of nitrogens with zero attached hydrogens (tertiary/aromatic N) is 1. The van der Waals surface area contributed by atoms with Crippen LogP contribution in [0, 0.1) is 10.1 Å². The molecule has 0 radical (unpaired) electrons. The minimum Gasteiger partial charge on any atom is -0.362 e. The maximum absolute atomic E-state index is 12.9. The van der Waals surface area contributed by atoms with Crippen molar-refractivity contribution in [2.24, 2.45) is 0 Å². The van der Waals surface area contributed by atoms with E-state index in [0.29, 0.717) is 28.9 Å². The van der Waals surface area contributed by atoms with E-state index in [0.717, 1.165) is 0 Å². The van der Waals surface area contributed by atoms with E-state index in [1.807, 2.05) is 0 Å². The highest BCUT2D eigenvalue weighted by molar-refractivity contribution is 6.31. The van der Waals surface area contributed by atoms with Crippen LogP contribution < -0.4 is 10.6 Å². The lowest BCUT2D eigenvalue weighted by molar-refractivity contribution is -0.403. The second-order valence-electron chi connectivity index (χ2n) is 5.69. The van der Waals surface area contributed by atoms with Crippen LogP contribution in [0.25, 0.3) is 0 Å². The molecule has 0 unspecified atom stereocenters. The van der Waals surface area contributed by atoms with Crippen LogP contribution in [0.15, 0.2) is 54.5 Å². The van der Waals surface area contributed by atoms with Gasteiger partial charge in [-0.05, 0) is 29.8 Å². The molecule has 0 atom stereocenters. The van der Waals surface area contributed by atoms with Gasteiger partial charge in [-0.25, -0.2) is 0 Å². The largest absolute Gasteiger partial charge is 0.416 e. The molecule has 12 heteroatoms. The summed E-state index contributed by atoms with van der Waals surface area (Å²) < 4.78 is 77.7. The zero-order valence-corrected chi connectivity index (χ0v) is 15.0. The summed E-state index contributed by atoms with van der Waals surface area (Å²) in [6.07, 6.45) is -9.71. The Labute approximate surface area is 165 Å². The van der Waals surface area contributed by atoms with Gasteiger partial charge in [-0.2, -0.15) is 26.3 Å². The van der Waals surface area contributed by atoms with Gasteiger partial charge in [-0.3, -0.25) is 10.1 Å². The highest BCUT2D eigenvalue weighted by atomic mass is 35.5. The lowest BCUT2D eigenvalue weighted by Gasteiger charge is -2.17. The molecule has 2 aromatic carbocycles. The van der Waals surface area contributed by atoms with Crippen LogP contribution in [0.4, 0.5) is 32.0 Å². The molecule has 29 heavy (non-hydrogen) atoms. The Balaban J connectivity index is 2.35. The molecule has 156 valence electrons. The molecule has 0 saturated carbocycles. The van der Waals surface area contributed by atoms with Gasteiger partial charge < -0.3 is 10.6 Å². The summed E-state index contributed by atoms with van der Waals surface area (Å²) in [5.74, 6) is -0.428. The number of hydrogen-bond acceptors (Lipinski definition) is 4. The number of hydrogen-bond donors (Lipinski definition) is 2. The average Bonchev–Trinajstić information content (AvgIpc) is 2.58. The molecule has 0 amide bonds. The van der Waals surface area contributed by atoms with E-state index in [-0.39, 0.29) is 12.6 Å². The lowest BCUT2D eigenvalue weighted by Crippen LogP contribution is -2.21. The SMILES string of the molecule is O=[N+]([O-])/C=C(\NCc1ccccc1Cl)Nc1cc(C(F)(F)F)cc(C(F)(F)F)c1. The number of nitro groups is 1. The summed E-state index contributed by atoms with van der Waals surface area (Å²) in [5.41, 5.74) is -3.24. The molecule has 0 bridgehead atoms. The predicted molar refractivity (Wildman–Crippen MR) is 93.4 cm³/mol. The van der Waals surface area contributed by atoms with Gasteiger partial charge in [0.25, 0.3) is 6.20 Å². The van der Waals surface area contributed by atoms with E-state index in [4.69, 9.17) is 11.6 Å². The van der Waals surface area contributed by atoms with Gasteiger partial charge in [-0.15, -0.1) is 0 Å². The number of halogens is 7. The van der Waals surface area contributed by atoms with Crippen LogP contribution in [0.3, 0.4) is 0 Å². The first-order valence-corrected chi connectivity index (χ1v) is 8.13. The van der Waals surface area contributed by atoms with E-state index in [9.17, 15) is 36.5 Å². The monoisotopic (exact) mass is 439 g/mol. The van der Waals surface area contributed by atoms with Crippen molar-refractivity contribution in [3.8, 4) is 0 Å². The van der Waals surface area contributed by atoms with Crippen molar-refractivity contribution in [3.05, 3.63) is 86.3 Å². The van der Waals surface area contributed by atoms with E-state index >= 15 is 0 Å². The fourth-order valence-corrected chi connectivity index (χ4v) is 2.44. The van der Waals surface area contributed by atoms with Gasteiger partial charge >= 0.3 is 12.4 Å². The summed E-state index contributed by atoms with van der Waals surface area (Å²) in [6, 6.07) is 7.20. The molecular formula is C17H12ClF6N3O2. The van der Waals surface area contributed by atoms with Crippen LogP contribution in [-0.2, 0) is 18.9 Å². The molecule has 0 aromatic heterocycles. The fraction of sp³-hybridized carbons (Fsp3) is 0.176. The Hall–Kier alpha value is -2.95. The number of benzene rings is 2. The van der Waals surface area contributed by atoms with E-state index in [2.05, 4.69) is 10.6 Å². The van der Waals surface area contributed by atoms with E-state index < -0.39 is 39.9 Å². The quantitative estimate of drug-likeness (QED) is 0.346. The maximum atomic E-state index is 12.9. The van der Waals surface area contributed by atoms with Crippen LogP contribution in [0.2, 0.25) is 5.02 Å². The zero-order valence-electron chi connectivity index (χ0n) is 14.2. The molecule has 0 aliphatic carbocycles. The lowest BCUT2D eigenvalue weighted by atomic mass is 10.1. The molecule has 0 fully saturated rings. The number of nitrogens with one attached hydrogen (secondary N) is 2. The smallest absolute Gasteiger partial charge is 0.362 e. The average molecular weight is 440 g/mol. The van der Waals surface area contributed by atoms with Crippen molar-refractivity contribution in [1.82, 2.24) is 5.32 Å². The van der Waals surface area contributed by atoms with Crippen LogP contribution in [0.5, 0.6) is 0 Å². The standard InChI is InChI=1S/C17H12ClF6N3O2/c18-14-4-2-1-3-10(14)8-25-15(9-27(28)29)26-13-6-11(16(19,20)21)5-12(7-13)17(22,23)24/h1-7,9,25-26H,8H2/b15-9+. The number of anilines is 1. The third kappa shape index (κ3) is 6.56. The van der Waals surface area contributed by atoms with Gasteiger partial charge in [0.05, 0.1) is 16.1 Å². The molecular weight excluding hydrogens is 428 g/mol. The Morgan fingerprint density at radius 1 is 1.03 bits per heavy atom. The molecule has 0 aliphatic rings. The normalized spacial score (nSPS) is 12.6. The van der Waals surface area contributed by atoms with E-state index in [1.54, 1.807) is 24.3 Å². The van der Waals surface area contributed by atoms with Crippen molar-refractivity contribution in [1.29, 1.82) is 0 Å². The molecule has 0 spiro atoms. The zero-order chi connectivity index (χ0) is 21.8. The summed E-state index contributed by atoms with van der Waals surface area (Å²) in [5, 5.41) is 15.8. The van der Waals surface area contributed by atoms with Crippen molar-refractivity contribution in [3.63, 3.8) is 0 Å². The van der Waals surface area contributed by atoms with Crippen LogP contribution in [-0.4, -0.2) is 4.92 Å². The van der Waals surface area contributed by atoms with Gasteiger partial charge in [0.1, 0.15) is 0 Å². The van der Waals surface area contributed by atoms with Crippen molar-refractivity contribution >= 4 is 17.3 Å². The fourth-order valence-electron chi connectivity index (χ4n) is 2.24. The second kappa shape index (κ2) is 8.60. The highest BCUT2D eigenvalue weighted by Gasteiger charge is 2.37. The first kappa shape index (κ1) is 22.3. The third-order valence-corrected chi connectivity index (χ3v) is 3.90. The van der Waals surface area contributed by atoms with Crippen molar-refractivity contribution < 1.29 is 31.3 Å². The molecule has 0 saturated heterocycles. The van der Waals surface area contributed by atoms with Crippen LogP contribution in [0.1, 0.15) is 16.7 Å². The molecule has 5 nitrogen and oxygen atoms in total. The van der Waals surface area contributed by atoms with Crippen LogP contribution >= 0.6 is 11.6 Å². The molecule has 2 rings (SSSR count). The number of rotatable bonds is 6. The summed E-state index contributed by atoms with van der Waals surface area (Å²) in [7, 11) is 0. The minimum atomic E-state index is -5.05. The van der Waals surface area contributed by atoms with E-state index in [1.165, 1.54) is 0 Å². The Kier molecular flexibility index (Phi) is 6.62. The van der Waals surface area contributed by atoms with Gasteiger partial charge in [0.15, 0.2) is 5.82 Å². The molecule has 0 heterocycles. The topological polar surface area (TPSA) is 67.2 Å². The van der Waals surface area contributed by atoms with Crippen molar-refractivity contribution in [2.45, 2.75) is 18.9 Å². The molecule has 2 N–H and O–H groups in total. The maximum Gasteiger partial charge on any atom is 0.416 e. The molecule has 2 aromatic rings. The Morgan fingerprint density at radius 2 is 1.59 bits per heavy atom. The van der Waals surface area contributed by atoms with Crippen molar-refractivity contribution in [2.75, 3.05) is 5.32 Å². The molecule has 0 aliphatic heterocycles. The Bertz CT molecular complexity index is 896. The van der Waals surface area contributed by atoms with Gasteiger partial charge in [-0.1, -0.05) is 29.8 Å². The summed E-state index contributed by atoms with van der Waals surface area (Å²) in [6.45, 7) is -0.0720. The first-order chi connectivity index (χ1) is 13.4. The third-order valence-electron chi connectivity index (χ3n) is 3.53. The highest BCUT2D eigenvalue weighted by Crippen LogP contribution is 2.37. The Morgan fingerprint density at radius 3 is 2.07 bits per heavy atom. The number of alkyl halides is 6. The first-order valence-electron chi connectivity index (χ1n) is 7.75. The van der Waals surface area contributed by atoms with Gasteiger partial charge in [0, 0.05) is 17.3 Å². The predicted octanol–water partition coefficient (Wildman–Crippen LogP) is 5.65. The minimum absolute atomic E-state index is 0.0424. The van der Waals surface area contributed by atoms with Gasteiger partial charge in [0.2, 0.25) is 0 Å².